The Balaban J connectivity index is 2.59. The lowest BCUT2D eigenvalue weighted by atomic mass is 10.1. The molecule has 5 nitrogen and oxygen atoms in total. The van der Waals surface area contributed by atoms with Crippen molar-refractivity contribution in [3.63, 3.8) is 0 Å². The minimum absolute atomic E-state index is 0.212. The summed E-state index contributed by atoms with van der Waals surface area (Å²) < 4.78 is 32.5. The lowest BCUT2D eigenvalue weighted by molar-refractivity contribution is 0.344. The fourth-order valence-electron chi connectivity index (χ4n) is 2.03. The van der Waals surface area contributed by atoms with Crippen LogP contribution in [0.15, 0.2) is 41.3 Å². The SMILES string of the molecule is CCOc1ccc(S(=O)(=O)NCCN)c2ccccc12. The fraction of sp³-hybridized carbons (Fsp3) is 0.286. The van der Waals surface area contributed by atoms with Crippen molar-refractivity contribution in [2.45, 2.75) is 11.8 Å². The van der Waals surface area contributed by atoms with E-state index in [1.54, 1.807) is 24.3 Å². The molecule has 0 spiro atoms. The Kier molecular flexibility index (Phi) is 4.59. The third-order valence-corrected chi connectivity index (χ3v) is 4.39. The van der Waals surface area contributed by atoms with Crippen LogP contribution in [-0.2, 0) is 10.0 Å². The van der Waals surface area contributed by atoms with E-state index in [1.165, 1.54) is 0 Å². The van der Waals surface area contributed by atoms with E-state index in [2.05, 4.69) is 4.72 Å². The molecule has 0 saturated carbocycles. The van der Waals surface area contributed by atoms with Gasteiger partial charge < -0.3 is 10.5 Å². The molecule has 0 aliphatic carbocycles. The van der Waals surface area contributed by atoms with Gasteiger partial charge in [-0.15, -0.1) is 0 Å². The molecule has 2 aromatic carbocycles. The standard InChI is InChI=1S/C14H18N2O3S/c1-2-19-13-7-8-14(20(17,18)16-10-9-15)12-6-4-3-5-11(12)13/h3-8,16H,2,9-10,15H2,1H3. The van der Waals surface area contributed by atoms with Crippen LogP contribution in [0.3, 0.4) is 0 Å². The Bertz CT molecular complexity index is 699. The number of ether oxygens (including phenoxy) is 1. The van der Waals surface area contributed by atoms with Gasteiger partial charge in [0.2, 0.25) is 10.0 Å². The van der Waals surface area contributed by atoms with E-state index in [0.717, 1.165) is 5.39 Å². The van der Waals surface area contributed by atoms with Crippen molar-refractivity contribution in [2.24, 2.45) is 5.73 Å². The molecule has 0 heterocycles. The molecule has 0 amide bonds. The van der Waals surface area contributed by atoms with E-state index < -0.39 is 10.0 Å². The molecule has 0 bridgehead atoms. The second kappa shape index (κ2) is 6.21. The number of fused-ring (bicyclic) bond motifs is 1. The highest BCUT2D eigenvalue weighted by Crippen LogP contribution is 2.30. The minimum atomic E-state index is -3.57. The zero-order valence-electron chi connectivity index (χ0n) is 11.3. The lowest BCUT2D eigenvalue weighted by Crippen LogP contribution is -2.29. The van der Waals surface area contributed by atoms with Crippen LogP contribution >= 0.6 is 0 Å². The first kappa shape index (κ1) is 14.8. The number of hydrogen-bond acceptors (Lipinski definition) is 4. The van der Waals surface area contributed by atoms with Gasteiger partial charge in [0.1, 0.15) is 5.75 Å². The Labute approximate surface area is 118 Å². The van der Waals surface area contributed by atoms with E-state index in [0.29, 0.717) is 17.7 Å². The van der Waals surface area contributed by atoms with Crippen molar-refractivity contribution >= 4 is 20.8 Å². The van der Waals surface area contributed by atoms with Gasteiger partial charge in [-0.2, -0.15) is 0 Å². The van der Waals surface area contributed by atoms with Gasteiger partial charge in [-0.25, -0.2) is 13.1 Å². The maximum Gasteiger partial charge on any atom is 0.241 e. The van der Waals surface area contributed by atoms with Crippen LogP contribution in [0.25, 0.3) is 10.8 Å². The van der Waals surface area contributed by atoms with Gasteiger partial charge in [0.05, 0.1) is 11.5 Å². The molecule has 2 aromatic rings. The van der Waals surface area contributed by atoms with Gasteiger partial charge in [0, 0.05) is 23.9 Å². The molecule has 2 rings (SSSR count). The Morgan fingerprint density at radius 2 is 1.85 bits per heavy atom. The minimum Gasteiger partial charge on any atom is -0.493 e. The van der Waals surface area contributed by atoms with Crippen LogP contribution in [0.4, 0.5) is 0 Å². The molecule has 0 saturated heterocycles. The van der Waals surface area contributed by atoms with E-state index >= 15 is 0 Å². The monoisotopic (exact) mass is 294 g/mol. The van der Waals surface area contributed by atoms with Gasteiger partial charge in [0.15, 0.2) is 0 Å². The summed E-state index contributed by atoms with van der Waals surface area (Å²) in [5.74, 6) is 0.681. The second-order valence-corrected chi connectivity index (χ2v) is 5.96. The summed E-state index contributed by atoms with van der Waals surface area (Å²) in [5, 5.41) is 1.42. The topological polar surface area (TPSA) is 81.4 Å². The number of rotatable bonds is 6. The zero-order chi connectivity index (χ0) is 14.6. The summed E-state index contributed by atoms with van der Waals surface area (Å²) in [7, 11) is -3.57. The molecule has 20 heavy (non-hydrogen) atoms. The van der Waals surface area contributed by atoms with Crippen molar-refractivity contribution in [3.8, 4) is 5.75 Å². The highest BCUT2D eigenvalue weighted by atomic mass is 32.2. The molecular weight excluding hydrogens is 276 g/mol. The molecular formula is C14H18N2O3S. The van der Waals surface area contributed by atoms with Crippen molar-refractivity contribution in [3.05, 3.63) is 36.4 Å². The van der Waals surface area contributed by atoms with Gasteiger partial charge in [0.25, 0.3) is 0 Å². The van der Waals surface area contributed by atoms with E-state index in [-0.39, 0.29) is 18.0 Å². The van der Waals surface area contributed by atoms with Gasteiger partial charge in [-0.05, 0) is 19.1 Å². The first-order valence-electron chi connectivity index (χ1n) is 6.44. The molecule has 6 heteroatoms. The van der Waals surface area contributed by atoms with E-state index in [9.17, 15) is 8.42 Å². The molecule has 0 atom stereocenters. The molecule has 3 N–H and O–H groups in total. The smallest absolute Gasteiger partial charge is 0.241 e. The van der Waals surface area contributed by atoms with Gasteiger partial charge >= 0.3 is 0 Å². The Hall–Kier alpha value is -1.63. The molecule has 0 aromatic heterocycles. The molecule has 0 aliphatic rings. The number of hydrogen-bond donors (Lipinski definition) is 2. The van der Waals surface area contributed by atoms with E-state index in [4.69, 9.17) is 10.5 Å². The first-order chi connectivity index (χ1) is 9.60. The largest absolute Gasteiger partial charge is 0.493 e. The summed E-state index contributed by atoms with van der Waals surface area (Å²) in [5.41, 5.74) is 5.34. The second-order valence-electron chi connectivity index (χ2n) is 4.23. The molecule has 0 unspecified atom stereocenters. The predicted octanol–water partition coefficient (Wildman–Crippen LogP) is 1.48. The Morgan fingerprint density at radius 3 is 2.50 bits per heavy atom. The Morgan fingerprint density at radius 1 is 1.15 bits per heavy atom. The average Bonchev–Trinajstić information content (AvgIpc) is 2.45. The molecule has 0 fully saturated rings. The van der Waals surface area contributed by atoms with Crippen molar-refractivity contribution in [2.75, 3.05) is 19.7 Å². The van der Waals surface area contributed by atoms with Crippen molar-refractivity contribution in [1.29, 1.82) is 0 Å². The summed E-state index contributed by atoms with van der Waals surface area (Å²) in [6, 6.07) is 10.5. The third kappa shape index (κ3) is 2.92. The van der Waals surface area contributed by atoms with Crippen LogP contribution < -0.4 is 15.2 Å². The van der Waals surface area contributed by atoms with Crippen LogP contribution in [-0.4, -0.2) is 28.1 Å². The van der Waals surface area contributed by atoms with Crippen molar-refractivity contribution < 1.29 is 13.2 Å². The summed E-state index contributed by atoms with van der Waals surface area (Å²) >= 11 is 0. The van der Waals surface area contributed by atoms with Gasteiger partial charge in [-0.3, -0.25) is 0 Å². The van der Waals surface area contributed by atoms with Gasteiger partial charge in [-0.1, -0.05) is 24.3 Å². The number of nitrogens with two attached hydrogens (primary N) is 1. The first-order valence-corrected chi connectivity index (χ1v) is 7.92. The highest BCUT2D eigenvalue weighted by molar-refractivity contribution is 7.89. The third-order valence-electron chi connectivity index (χ3n) is 2.87. The molecule has 0 radical (unpaired) electrons. The van der Waals surface area contributed by atoms with Crippen LogP contribution in [0.5, 0.6) is 5.75 Å². The van der Waals surface area contributed by atoms with Crippen LogP contribution in [0, 0.1) is 0 Å². The average molecular weight is 294 g/mol. The summed E-state index contributed by atoms with van der Waals surface area (Å²) in [6.07, 6.45) is 0. The van der Waals surface area contributed by atoms with Crippen LogP contribution in [0.1, 0.15) is 6.92 Å². The van der Waals surface area contributed by atoms with Crippen LogP contribution in [0.2, 0.25) is 0 Å². The number of nitrogens with one attached hydrogen (secondary N) is 1. The fourth-order valence-corrected chi connectivity index (χ4v) is 3.29. The predicted molar refractivity (Wildman–Crippen MR) is 79.4 cm³/mol. The number of sulfonamides is 1. The maximum absolute atomic E-state index is 12.3. The summed E-state index contributed by atoms with van der Waals surface area (Å²) in [6.45, 7) is 2.89. The summed E-state index contributed by atoms with van der Waals surface area (Å²) in [4.78, 5) is 0.241. The van der Waals surface area contributed by atoms with E-state index in [1.807, 2.05) is 19.1 Å². The van der Waals surface area contributed by atoms with Crippen molar-refractivity contribution in [1.82, 2.24) is 4.72 Å². The molecule has 0 aliphatic heterocycles. The normalized spacial score (nSPS) is 11.7. The maximum atomic E-state index is 12.3. The number of benzene rings is 2. The molecule has 108 valence electrons. The highest BCUT2D eigenvalue weighted by Gasteiger charge is 2.18. The lowest BCUT2D eigenvalue weighted by Gasteiger charge is -2.12. The quantitative estimate of drug-likeness (QED) is 0.845. The zero-order valence-corrected chi connectivity index (χ0v) is 12.1.